The van der Waals surface area contributed by atoms with E-state index in [9.17, 15) is 9.59 Å². The van der Waals surface area contributed by atoms with Crippen molar-refractivity contribution in [2.75, 3.05) is 6.54 Å². The van der Waals surface area contributed by atoms with Gasteiger partial charge >= 0.3 is 0 Å². The lowest BCUT2D eigenvalue weighted by molar-refractivity contribution is -0.121. The lowest BCUT2D eigenvalue weighted by atomic mass is 10.3. The lowest BCUT2D eigenvalue weighted by Gasteiger charge is -2.06. The number of fused-ring (bicyclic) bond motifs is 1. The molecule has 0 fully saturated rings. The first-order valence-corrected chi connectivity index (χ1v) is 6.79. The Labute approximate surface area is 109 Å². The van der Waals surface area contributed by atoms with Crippen molar-refractivity contribution in [1.82, 2.24) is 9.88 Å². The molecular weight excluding hydrogens is 248 g/mol. The number of hydrogen-bond acceptors (Lipinski definition) is 3. The van der Waals surface area contributed by atoms with E-state index in [1.165, 1.54) is 4.57 Å². The van der Waals surface area contributed by atoms with Crippen LogP contribution in [0.3, 0.4) is 0 Å². The Bertz CT molecular complexity index is 627. The number of carbonyl (C=O) groups is 1. The van der Waals surface area contributed by atoms with Gasteiger partial charge in [0.25, 0.3) is 5.56 Å². The number of amides is 1. The molecule has 2 aromatic heterocycles. The van der Waals surface area contributed by atoms with E-state index in [0.29, 0.717) is 11.9 Å². The summed E-state index contributed by atoms with van der Waals surface area (Å²) in [5.41, 5.74) is -0.0940. The average Bonchev–Trinajstić information content (AvgIpc) is 2.72. The summed E-state index contributed by atoms with van der Waals surface area (Å²) in [6.07, 6.45) is 2.58. The van der Waals surface area contributed by atoms with Gasteiger partial charge in [-0.3, -0.25) is 9.59 Å². The zero-order chi connectivity index (χ0) is 13.1. The van der Waals surface area contributed by atoms with Crippen LogP contribution >= 0.6 is 11.3 Å². The second-order valence-corrected chi connectivity index (χ2v) is 5.52. The molecule has 0 radical (unpaired) electrons. The fraction of sp³-hybridized carbons (Fsp3) is 0.385. The van der Waals surface area contributed by atoms with Crippen molar-refractivity contribution < 1.29 is 4.79 Å². The molecule has 18 heavy (non-hydrogen) atoms. The van der Waals surface area contributed by atoms with Gasteiger partial charge in [0.2, 0.25) is 5.91 Å². The van der Waals surface area contributed by atoms with E-state index < -0.39 is 0 Å². The molecule has 2 rings (SSSR count). The number of carbonyl (C=O) groups excluding carboxylic acids is 1. The van der Waals surface area contributed by atoms with Crippen molar-refractivity contribution in [3.05, 3.63) is 33.6 Å². The van der Waals surface area contributed by atoms with Crippen LogP contribution in [-0.4, -0.2) is 17.0 Å². The van der Waals surface area contributed by atoms with Crippen LogP contribution in [0, 0.1) is 6.92 Å². The lowest BCUT2D eigenvalue weighted by Crippen LogP contribution is -2.32. The predicted molar refractivity (Wildman–Crippen MR) is 74.1 cm³/mol. The molecule has 0 spiro atoms. The maximum absolute atomic E-state index is 12.1. The Kier molecular flexibility index (Phi) is 3.81. The summed E-state index contributed by atoms with van der Waals surface area (Å²) < 4.78 is 2.43. The summed E-state index contributed by atoms with van der Waals surface area (Å²) in [7, 11) is 0. The third-order valence-electron chi connectivity index (χ3n) is 2.67. The maximum atomic E-state index is 12.1. The summed E-state index contributed by atoms with van der Waals surface area (Å²) in [5.74, 6) is -0.120. The second-order valence-electron chi connectivity index (χ2n) is 4.23. The zero-order valence-corrected chi connectivity index (χ0v) is 11.3. The van der Waals surface area contributed by atoms with E-state index in [4.69, 9.17) is 0 Å². The van der Waals surface area contributed by atoms with Gasteiger partial charge in [-0.15, -0.1) is 11.3 Å². The number of thiophene rings is 1. The highest BCUT2D eigenvalue weighted by Crippen LogP contribution is 2.21. The van der Waals surface area contributed by atoms with E-state index in [1.807, 2.05) is 26.0 Å². The Morgan fingerprint density at radius 3 is 3.00 bits per heavy atom. The summed E-state index contributed by atoms with van der Waals surface area (Å²) in [6, 6.07) is 3.77. The largest absolute Gasteiger partial charge is 0.355 e. The third kappa shape index (κ3) is 2.61. The van der Waals surface area contributed by atoms with Crippen LogP contribution in [0.4, 0.5) is 0 Å². The smallest absolute Gasteiger partial charge is 0.259 e. The maximum Gasteiger partial charge on any atom is 0.259 e. The molecule has 4 nitrogen and oxygen atoms in total. The van der Waals surface area contributed by atoms with Crippen molar-refractivity contribution in [2.45, 2.75) is 26.8 Å². The highest BCUT2D eigenvalue weighted by Gasteiger charge is 2.08. The first kappa shape index (κ1) is 12.8. The van der Waals surface area contributed by atoms with Crippen molar-refractivity contribution in [2.24, 2.45) is 0 Å². The van der Waals surface area contributed by atoms with Gasteiger partial charge in [-0.25, -0.2) is 0 Å². The summed E-state index contributed by atoms with van der Waals surface area (Å²) in [4.78, 5) is 24.8. The first-order valence-electron chi connectivity index (χ1n) is 5.98. The standard InChI is InChI=1S/C13H16N2O2S/c1-3-5-14-12(16)8-15-6-4-11-10(13(15)17)7-9(2)18-11/h4,6-7H,3,5,8H2,1-2H3,(H,14,16). The van der Waals surface area contributed by atoms with E-state index in [1.54, 1.807) is 17.5 Å². The first-order chi connectivity index (χ1) is 8.61. The number of rotatable bonds is 4. The van der Waals surface area contributed by atoms with Crippen LogP contribution < -0.4 is 10.9 Å². The van der Waals surface area contributed by atoms with Crippen molar-refractivity contribution in [3.8, 4) is 0 Å². The molecule has 0 saturated heterocycles. The molecule has 0 saturated carbocycles. The molecule has 1 amide bonds. The van der Waals surface area contributed by atoms with Crippen molar-refractivity contribution in [1.29, 1.82) is 0 Å². The van der Waals surface area contributed by atoms with Crippen LogP contribution in [0.5, 0.6) is 0 Å². The Morgan fingerprint density at radius 1 is 1.50 bits per heavy atom. The number of aromatic nitrogens is 1. The van der Waals surface area contributed by atoms with E-state index in [0.717, 1.165) is 16.0 Å². The SMILES string of the molecule is CCCNC(=O)Cn1ccc2sc(C)cc2c1=O. The van der Waals surface area contributed by atoms with E-state index in [2.05, 4.69) is 5.32 Å². The quantitative estimate of drug-likeness (QED) is 0.917. The fourth-order valence-electron chi connectivity index (χ4n) is 1.80. The molecule has 2 heterocycles. The summed E-state index contributed by atoms with van der Waals surface area (Å²) in [6.45, 7) is 4.70. The van der Waals surface area contributed by atoms with Gasteiger partial charge in [-0.2, -0.15) is 0 Å². The van der Waals surface area contributed by atoms with Gasteiger partial charge in [-0.1, -0.05) is 6.92 Å². The van der Waals surface area contributed by atoms with E-state index in [-0.39, 0.29) is 18.0 Å². The van der Waals surface area contributed by atoms with Crippen LogP contribution in [0.25, 0.3) is 10.1 Å². The normalized spacial score (nSPS) is 10.8. The van der Waals surface area contributed by atoms with Gasteiger partial charge in [0.1, 0.15) is 6.54 Å². The minimum absolute atomic E-state index is 0.0870. The minimum Gasteiger partial charge on any atom is -0.355 e. The Morgan fingerprint density at radius 2 is 2.28 bits per heavy atom. The van der Waals surface area contributed by atoms with Crippen molar-refractivity contribution in [3.63, 3.8) is 0 Å². The van der Waals surface area contributed by atoms with Crippen LogP contribution in [0.1, 0.15) is 18.2 Å². The Balaban J connectivity index is 2.26. The summed E-state index contributed by atoms with van der Waals surface area (Å²) >= 11 is 1.59. The molecule has 5 heteroatoms. The number of pyridine rings is 1. The predicted octanol–water partition coefficient (Wildman–Crippen LogP) is 1.90. The van der Waals surface area contributed by atoms with Crippen LogP contribution in [0.15, 0.2) is 23.1 Å². The second kappa shape index (κ2) is 5.35. The van der Waals surface area contributed by atoms with Gasteiger partial charge in [0, 0.05) is 22.3 Å². The Hall–Kier alpha value is -1.62. The summed E-state index contributed by atoms with van der Waals surface area (Å²) in [5, 5.41) is 3.46. The molecule has 0 bridgehead atoms. The topological polar surface area (TPSA) is 51.1 Å². The van der Waals surface area contributed by atoms with Crippen LogP contribution in [0.2, 0.25) is 0 Å². The average molecular weight is 264 g/mol. The molecule has 96 valence electrons. The molecule has 0 aromatic carbocycles. The monoisotopic (exact) mass is 264 g/mol. The number of nitrogens with zero attached hydrogens (tertiary/aromatic N) is 1. The van der Waals surface area contributed by atoms with Gasteiger partial charge < -0.3 is 9.88 Å². The molecule has 0 aliphatic heterocycles. The number of hydrogen-bond donors (Lipinski definition) is 1. The minimum atomic E-state index is -0.120. The van der Waals surface area contributed by atoms with Gasteiger partial charge in [0.15, 0.2) is 0 Å². The highest BCUT2D eigenvalue weighted by atomic mass is 32.1. The fourth-order valence-corrected chi connectivity index (χ4v) is 2.71. The van der Waals surface area contributed by atoms with Gasteiger partial charge in [-0.05, 0) is 25.5 Å². The molecule has 0 aliphatic rings. The van der Waals surface area contributed by atoms with E-state index >= 15 is 0 Å². The van der Waals surface area contributed by atoms with Gasteiger partial charge in [0.05, 0.1) is 5.39 Å². The molecule has 0 atom stereocenters. The van der Waals surface area contributed by atoms with Crippen molar-refractivity contribution >= 4 is 27.3 Å². The molecular formula is C13H16N2O2S. The molecule has 0 aliphatic carbocycles. The zero-order valence-electron chi connectivity index (χ0n) is 10.5. The highest BCUT2D eigenvalue weighted by molar-refractivity contribution is 7.18. The number of aryl methyl sites for hydroxylation is 1. The molecule has 1 N–H and O–H groups in total. The number of nitrogens with one attached hydrogen (secondary N) is 1. The van der Waals surface area contributed by atoms with Crippen LogP contribution in [-0.2, 0) is 11.3 Å². The molecule has 2 aromatic rings. The molecule has 0 unspecified atom stereocenters. The third-order valence-corrected chi connectivity index (χ3v) is 3.68.